The van der Waals surface area contributed by atoms with Gasteiger partial charge in [0.25, 0.3) is 0 Å². The van der Waals surface area contributed by atoms with E-state index in [0.29, 0.717) is 28.8 Å². The molecule has 1 aromatic heterocycles. The zero-order chi connectivity index (χ0) is 26.4. The standard InChI is InChI=1S/C29H29NO6S/c1-30(2)16-18-36-29-25(28(32)27(31)21-9-5-3-6-10-21)14-13-23(26(29)22-15-17-35-19-22)20-37(33,34)24-11-7-4-8-12-24/h3-15,17,19,27,31H,16,18,20H2,1-2H3. The zero-order valence-electron chi connectivity index (χ0n) is 20.7. The third kappa shape index (κ3) is 6.17. The first kappa shape index (κ1) is 26.3. The summed E-state index contributed by atoms with van der Waals surface area (Å²) in [6.07, 6.45) is 1.55. The minimum atomic E-state index is -3.70. The molecule has 0 fully saturated rings. The first-order valence-electron chi connectivity index (χ1n) is 11.8. The highest BCUT2D eigenvalue weighted by Crippen LogP contribution is 2.40. The average molecular weight is 520 g/mol. The number of hydrogen-bond acceptors (Lipinski definition) is 7. The Morgan fingerprint density at radius 3 is 2.27 bits per heavy atom. The molecule has 0 saturated heterocycles. The second-order valence-electron chi connectivity index (χ2n) is 8.89. The number of ketones is 1. The highest BCUT2D eigenvalue weighted by atomic mass is 32.2. The molecule has 0 aliphatic carbocycles. The highest BCUT2D eigenvalue weighted by molar-refractivity contribution is 7.90. The molecule has 0 amide bonds. The summed E-state index contributed by atoms with van der Waals surface area (Å²) in [5.41, 5.74) is 2.08. The highest BCUT2D eigenvalue weighted by Gasteiger charge is 2.28. The lowest BCUT2D eigenvalue weighted by Crippen LogP contribution is -2.21. The van der Waals surface area contributed by atoms with Crippen molar-refractivity contribution in [1.29, 1.82) is 0 Å². The van der Waals surface area contributed by atoms with E-state index in [1.165, 1.54) is 18.6 Å². The summed E-state index contributed by atoms with van der Waals surface area (Å²) in [4.78, 5) is 15.6. The van der Waals surface area contributed by atoms with Gasteiger partial charge >= 0.3 is 0 Å². The predicted molar refractivity (Wildman–Crippen MR) is 141 cm³/mol. The van der Waals surface area contributed by atoms with Crippen LogP contribution in [0.5, 0.6) is 5.75 Å². The van der Waals surface area contributed by atoms with Crippen molar-refractivity contribution < 1.29 is 27.5 Å². The Hall–Kier alpha value is -3.72. The maximum Gasteiger partial charge on any atom is 0.199 e. The smallest absolute Gasteiger partial charge is 0.199 e. The van der Waals surface area contributed by atoms with E-state index in [2.05, 4.69) is 0 Å². The normalized spacial score (nSPS) is 12.4. The van der Waals surface area contributed by atoms with Gasteiger partial charge in [0.2, 0.25) is 0 Å². The molecule has 8 heteroatoms. The maximum atomic E-state index is 13.5. The van der Waals surface area contributed by atoms with Gasteiger partial charge in [0.1, 0.15) is 18.5 Å². The number of likely N-dealkylation sites (N-methyl/N-ethyl adjacent to an activating group) is 1. The van der Waals surface area contributed by atoms with E-state index >= 15 is 0 Å². The Bertz CT molecular complexity index is 1430. The van der Waals surface area contributed by atoms with Crippen LogP contribution in [0.4, 0.5) is 0 Å². The second-order valence-corrected chi connectivity index (χ2v) is 10.9. The van der Waals surface area contributed by atoms with E-state index in [9.17, 15) is 18.3 Å². The molecule has 1 unspecified atom stereocenters. The predicted octanol–water partition coefficient (Wildman–Crippen LogP) is 4.78. The lowest BCUT2D eigenvalue weighted by molar-refractivity contribution is 0.0743. The second kappa shape index (κ2) is 11.6. The van der Waals surface area contributed by atoms with Gasteiger partial charge in [-0.05, 0) is 49.5 Å². The number of nitrogens with zero attached hydrogens (tertiary/aromatic N) is 1. The van der Waals surface area contributed by atoms with Gasteiger partial charge in [0.05, 0.1) is 28.7 Å². The molecule has 0 spiro atoms. The van der Waals surface area contributed by atoms with E-state index in [1.807, 2.05) is 19.0 Å². The lowest BCUT2D eigenvalue weighted by Gasteiger charge is -2.21. The third-order valence-electron chi connectivity index (χ3n) is 5.92. The number of benzene rings is 3. The zero-order valence-corrected chi connectivity index (χ0v) is 21.5. The summed E-state index contributed by atoms with van der Waals surface area (Å²) >= 11 is 0. The maximum absolute atomic E-state index is 13.5. The largest absolute Gasteiger partial charge is 0.491 e. The van der Waals surface area contributed by atoms with Crippen LogP contribution in [0, 0.1) is 0 Å². The molecular formula is C29H29NO6S. The molecule has 1 atom stereocenters. The summed E-state index contributed by atoms with van der Waals surface area (Å²) in [5, 5.41) is 10.9. The van der Waals surface area contributed by atoms with E-state index in [0.717, 1.165) is 0 Å². The van der Waals surface area contributed by atoms with E-state index in [4.69, 9.17) is 9.15 Å². The molecule has 192 valence electrons. The van der Waals surface area contributed by atoms with Crippen molar-refractivity contribution in [3.63, 3.8) is 0 Å². The molecule has 37 heavy (non-hydrogen) atoms. The quantitative estimate of drug-likeness (QED) is 0.285. The van der Waals surface area contributed by atoms with Gasteiger partial charge in [0.15, 0.2) is 15.6 Å². The van der Waals surface area contributed by atoms with Gasteiger partial charge < -0.3 is 19.2 Å². The van der Waals surface area contributed by atoms with Crippen molar-refractivity contribution >= 4 is 15.6 Å². The van der Waals surface area contributed by atoms with E-state index in [-0.39, 0.29) is 28.6 Å². The number of carbonyl (C=O) groups is 1. The van der Waals surface area contributed by atoms with Crippen LogP contribution in [0.15, 0.2) is 101 Å². The fourth-order valence-electron chi connectivity index (χ4n) is 3.99. The number of rotatable bonds is 11. The molecule has 1 heterocycles. The molecule has 1 N–H and O–H groups in total. The molecule has 7 nitrogen and oxygen atoms in total. The molecule has 4 aromatic rings. The first-order valence-corrected chi connectivity index (χ1v) is 13.4. The summed E-state index contributed by atoms with van der Waals surface area (Å²) in [6, 6.07) is 21.7. The van der Waals surface area contributed by atoms with Crippen molar-refractivity contribution in [2.75, 3.05) is 27.2 Å². The number of furan rings is 1. The summed E-state index contributed by atoms with van der Waals surface area (Å²) in [5.74, 6) is -0.644. The number of Topliss-reactive ketones (excluding diaryl/α,β-unsaturated/α-hetero) is 1. The van der Waals surface area contributed by atoms with Crippen LogP contribution < -0.4 is 4.74 Å². The number of hydrogen-bond donors (Lipinski definition) is 1. The van der Waals surface area contributed by atoms with Crippen LogP contribution in [-0.4, -0.2) is 51.5 Å². The molecule has 4 rings (SSSR count). The van der Waals surface area contributed by atoms with E-state index in [1.54, 1.807) is 72.8 Å². The number of ether oxygens (including phenoxy) is 1. The number of sulfone groups is 1. The Kier molecular flexibility index (Phi) is 8.23. The molecule has 0 saturated carbocycles. The molecular weight excluding hydrogens is 490 g/mol. The van der Waals surface area contributed by atoms with Crippen molar-refractivity contribution in [2.45, 2.75) is 16.8 Å². The van der Waals surface area contributed by atoms with Crippen molar-refractivity contribution in [3.05, 3.63) is 108 Å². The van der Waals surface area contributed by atoms with Crippen LogP contribution in [-0.2, 0) is 15.6 Å². The monoisotopic (exact) mass is 519 g/mol. The van der Waals surface area contributed by atoms with Crippen LogP contribution in [0.1, 0.15) is 27.6 Å². The third-order valence-corrected chi connectivity index (χ3v) is 7.60. The topological polar surface area (TPSA) is 97.0 Å². The Labute approximate surface area is 216 Å². The summed E-state index contributed by atoms with van der Waals surface area (Å²) in [6.45, 7) is 0.806. The van der Waals surface area contributed by atoms with Gasteiger partial charge in [-0.1, -0.05) is 54.6 Å². The number of aliphatic hydroxyl groups is 1. The minimum absolute atomic E-state index is 0.159. The van der Waals surface area contributed by atoms with Gasteiger partial charge in [-0.25, -0.2) is 8.42 Å². The number of aliphatic hydroxyl groups excluding tert-OH is 1. The molecule has 0 radical (unpaired) electrons. The van der Waals surface area contributed by atoms with Crippen LogP contribution in [0.25, 0.3) is 11.1 Å². The Morgan fingerprint density at radius 2 is 1.65 bits per heavy atom. The van der Waals surface area contributed by atoms with Crippen LogP contribution in [0.3, 0.4) is 0 Å². The first-order chi connectivity index (χ1) is 17.8. The Balaban J connectivity index is 1.84. The van der Waals surface area contributed by atoms with Gasteiger partial charge in [0, 0.05) is 17.7 Å². The molecule has 3 aromatic carbocycles. The van der Waals surface area contributed by atoms with Crippen molar-refractivity contribution in [2.24, 2.45) is 0 Å². The van der Waals surface area contributed by atoms with E-state index < -0.39 is 21.7 Å². The summed E-state index contributed by atoms with van der Waals surface area (Å²) < 4.78 is 38.0. The molecule has 0 aliphatic rings. The SMILES string of the molecule is CN(C)CCOc1c(C(=O)C(O)c2ccccc2)ccc(CS(=O)(=O)c2ccccc2)c1-c1ccoc1. The molecule has 0 bridgehead atoms. The van der Waals surface area contributed by atoms with Crippen molar-refractivity contribution in [3.8, 4) is 16.9 Å². The molecule has 0 aliphatic heterocycles. The lowest BCUT2D eigenvalue weighted by atomic mass is 9.93. The van der Waals surface area contributed by atoms with Gasteiger partial charge in [-0.3, -0.25) is 4.79 Å². The van der Waals surface area contributed by atoms with Crippen LogP contribution in [0.2, 0.25) is 0 Å². The van der Waals surface area contributed by atoms with Crippen LogP contribution >= 0.6 is 0 Å². The fourth-order valence-corrected chi connectivity index (χ4v) is 5.38. The minimum Gasteiger partial charge on any atom is -0.491 e. The Morgan fingerprint density at radius 1 is 0.973 bits per heavy atom. The number of carbonyl (C=O) groups excluding carboxylic acids is 1. The fraction of sp³-hybridized carbons (Fsp3) is 0.207. The van der Waals surface area contributed by atoms with Gasteiger partial charge in [-0.15, -0.1) is 0 Å². The van der Waals surface area contributed by atoms with Gasteiger partial charge in [-0.2, -0.15) is 0 Å². The summed E-state index contributed by atoms with van der Waals surface area (Å²) in [7, 11) is 0.0958. The average Bonchev–Trinajstić information content (AvgIpc) is 3.43. The van der Waals surface area contributed by atoms with Crippen molar-refractivity contribution in [1.82, 2.24) is 4.90 Å².